The van der Waals surface area contributed by atoms with E-state index < -0.39 is 12.0 Å². The lowest BCUT2D eigenvalue weighted by atomic mass is 10.1. The summed E-state index contributed by atoms with van der Waals surface area (Å²) >= 11 is 7.93. The van der Waals surface area contributed by atoms with Crippen molar-refractivity contribution in [1.29, 1.82) is 0 Å². The molecule has 0 aromatic heterocycles. The molecule has 0 amide bonds. The molecule has 1 aromatic rings. The van der Waals surface area contributed by atoms with Gasteiger partial charge in [-0.25, -0.2) is 0 Å². The maximum Gasteiger partial charge on any atom is 0.320 e. The van der Waals surface area contributed by atoms with Crippen molar-refractivity contribution in [2.75, 3.05) is 11.5 Å². The summed E-state index contributed by atoms with van der Waals surface area (Å²) in [5, 5.41) is 9.24. The van der Waals surface area contributed by atoms with Gasteiger partial charge in [-0.15, -0.1) is 0 Å². The number of rotatable bonds is 5. The fourth-order valence-corrected chi connectivity index (χ4v) is 2.38. The van der Waals surface area contributed by atoms with Gasteiger partial charge < -0.3 is 15.6 Å². The zero-order valence-electron chi connectivity index (χ0n) is 9.64. The van der Waals surface area contributed by atoms with E-state index in [0.717, 1.165) is 17.1 Å². The number of carboxylic acid groups (broad SMARTS) is 1. The summed E-state index contributed by atoms with van der Waals surface area (Å²) in [5.41, 5.74) is 6.27. The molecule has 1 aliphatic heterocycles. The summed E-state index contributed by atoms with van der Waals surface area (Å²) in [5.74, 6) is 1.61. The van der Waals surface area contributed by atoms with Crippen molar-refractivity contribution in [3.63, 3.8) is 0 Å². The SMILES string of the molecule is NC(Cc1ccc(OC2CSC2)c(Cl)c1)C(=O)O. The molecule has 0 bridgehead atoms. The number of ether oxygens (including phenoxy) is 1. The van der Waals surface area contributed by atoms with Crippen LogP contribution in [0.1, 0.15) is 5.56 Å². The number of thioether (sulfide) groups is 1. The number of halogens is 1. The fourth-order valence-electron chi connectivity index (χ4n) is 1.57. The number of carbonyl (C=O) groups is 1. The third-order valence-electron chi connectivity index (χ3n) is 2.67. The number of hydrogen-bond acceptors (Lipinski definition) is 4. The van der Waals surface area contributed by atoms with E-state index in [1.165, 1.54) is 0 Å². The van der Waals surface area contributed by atoms with Gasteiger partial charge in [-0.1, -0.05) is 17.7 Å². The van der Waals surface area contributed by atoms with E-state index in [9.17, 15) is 4.79 Å². The van der Waals surface area contributed by atoms with E-state index in [2.05, 4.69) is 0 Å². The molecule has 4 nitrogen and oxygen atoms in total. The van der Waals surface area contributed by atoms with Gasteiger partial charge in [0.15, 0.2) is 0 Å². The van der Waals surface area contributed by atoms with Crippen LogP contribution in [0.15, 0.2) is 18.2 Å². The van der Waals surface area contributed by atoms with Gasteiger partial charge in [-0.2, -0.15) is 11.8 Å². The van der Waals surface area contributed by atoms with Crippen LogP contribution in [0.5, 0.6) is 5.75 Å². The molecule has 0 aliphatic carbocycles. The van der Waals surface area contributed by atoms with Gasteiger partial charge in [0.05, 0.1) is 5.02 Å². The minimum absolute atomic E-state index is 0.236. The predicted molar refractivity (Wildman–Crippen MR) is 72.5 cm³/mol. The highest BCUT2D eigenvalue weighted by molar-refractivity contribution is 8.00. The van der Waals surface area contributed by atoms with Crippen molar-refractivity contribution in [3.05, 3.63) is 28.8 Å². The molecule has 1 aromatic carbocycles. The van der Waals surface area contributed by atoms with E-state index in [1.807, 2.05) is 11.8 Å². The number of carboxylic acids is 1. The molecule has 2 rings (SSSR count). The maximum absolute atomic E-state index is 10.7. The standard InChI is InChI=1S/C12H14ClNO3S/c13-9-3-7(4-10(14)12(15)16)1-2-11(9)17-8-5-18-6-8/h1-3,8,10H,4-6,14H2,(H,15,16). The van der Waals surface area contributed by atoms with Gasteiger partial charge in [0, 0.05) is 11.5 Å². The van der Waals surface area contributed by atoms with Crippen molar-refractivity contribution in [2.24, 2.45) is 5.73 Å². The Morgan fingerprint density at radius 3 is 2.83 bits per heavy atom. The van der Waals surface area contributed by atoms with Crippen LogP contribution in [0.25, 0.3) is 0 Å². The molecular formula is C12H14ClNO3S. The van der Waals surface area contributed by atoms with Crippen molar-refractivity contribution in [3.8, 4) is 5.75 Å². The van der Waals surface area contributed by atoms with Crippen LogP contribution in [0, 0.1) is 0 Å². The second-order valence-corrected chi connectivity index (χ2v) is 5.67. The zero-order chi connectivity index (χ0) is 13.1. The summed E-state index contributed by atoms with van der Waals surface area (Å²) in [4.78, 5) is 10.7. The summed E-state index contributed by atoms with van der Waals surface area (Å²) in [6.45, 7) is 0. The quantitative estimate of drug-likeness (QED) is 0.864. The van der Waals surface area contributed by atoms with E-state index in [-0.39, 0.29) is 12.5 Å². The van der Waals surface area contributed by atoms with Crippen molar-refractivity contribution in [2.45, 2.75) is 18.6 Å². The minimum atomic E-state index is -1.02. The first kappa shape index (κ1) is 13.5. The molecule has 1 heterocycles. The van der Waals surface area contributed by atoms with Crippen molar-refractivity contribution < 1.29 is 14.6 Å². The maximum atomic E-state index is 10.7. The molecule has 1 unspecified atom stereocenters. The first-order chi connectivity index (χ1) is 8.56. The van der Waals surface area contributed by atoms with Gasteiger partial charge in [0.2, 0.25) is 0 Å². The number of nitrogens with two attached hydrogens (primary N) is 1. The lowest BCUT2D eigenvalue weighted by Crippen LogP contribution is -2.32. The molecule has 6 heteroatoms. The van der Waals surface area contributed by atoms with Gasteiger partial charge >= 0.3 is 5.97 Å². The molecule has 18 heavy (non-hydrogen) atoms. The minimum Gasteiger partial charge on any atom is -0.487 e. The molecule has 1 fully saturated rings. The van der Waals surface area contributed by atoms with E-state index in [1.54, 1.807) is 18.2 Å². The van der Waals surface area contributed by atoms with Crippen LogP contribution in [0.3, 0.4) is 0 Å². The molecule has 1 atom stereocenters. The first-order valence-electron chi connectivity index (χ1n) is 5.57. The van der Waals surface area contributed by atoms with Gasteiger partial charge in [-0.05, 0) is 24.1 Å². The average Bonchev–Trinajstić information content (AvgIpc) is 2.25. The van der Waals surface area contributed by atoms with Crippen LogP contribution < -0.4 is 10.5 Å². The van der Waals surface area contributed by atoms with E-state index in [0.29, 0.717) is 10.8 Å². The van der Waals surface area contributed by atoms with Crippen LogP contribution in [-0.2, 0) is 11.2 Å². The lowest BCUT2D eigenvalue weighted by molar-refractivity contribution is -0.138. The molecule has 0 spiro atoms. The van der Waals surface area contributed by atoms with Gasteiger partial charge in [-0.3, -0.25) is 4.79 Å². The highest BCUT2D eigenvalue weighted by Crippen LogP contribution is 2.30. The molecule has 0 saturated carbocycles. The second kappa shape index (κ2) is 5.82. The Hall–Kier alpha value is -0.910. The topological polar surface area (TPSA) is 72.5 Å². The zero-order valence-corrected chi connectivity index (χ0v) is 11.2. The monoisotopic (exact) mass is 287 g/mol. The van der Waals surface area contributed by atoms with Crippen LogP contribution in [0.4, 0.5) is 0 Å². The van der Waals surface area contributed by atoms with Crippen molar-refractivity contribution >= 4 is 29.3 Å². The summed E-state index contributed by atoms with van der Waals surface area (Å²) in [7, 11) is 0. The molecule has 0 radical (unpaired) electrons. The molecule has 3 N–H and O–H groups in total. The van der Waals surface area contributed by atoms with E-state index >= 15 is 0 Å². The smallest absolute Gasteiger partial charge is 0.320 e. The summed E-state index contributed by atoms with van der Waals surface area (Å²) in [6, 6.07) is 4.38. The Bertz CT molecular complexity index is 451. The Labute approximate surface area is 114 Å². The Morgan fingerprint density at radius 2 is 2.33 bits per heavy atom. The summed E-state index contributed by atoms with van der Waals surface area (Å²) in [6.07, 6.45) is 0.494. The number of benzene rings is 1. The average molecular weight is 288 g/mol. The lowest BCUT2D eigenvalue weighted by Gasteiger charge is -2.26. The Kier molecular flexibility index (Phi) is 4.37. The predicted octanol–water partition coefficient (Wildman–Crippen LogP) is 1.79. The third kappa shape index (κ3) is 3.31. The van der Waals surface area contributed by atoms with Gasteiger partial charge in [0.1, 0.15) is 17.9 Å². The van der Waals surface area contributed by atoms with Crippen molar-refractivity contribution in [1.82, 2.24) is 0 Å². The Balaban J connectivity index is 2.01. The summed E-state index contributed by atoms with van der Waals surface area (Å²) < 4.78 is 5.69. The van der Waals surface area contributed by atoms with Crippen LogP contribution >= 0.6 is 23.4 Å². The number of hydrogen-bond donors (Lipinski definition) is 2. The normalized spacial score (nSPS) is 17.0. The number of aliphatic carboxylic acids is 1. The molecular weight excluding hydrogens is 274 g/mol. The highest BCUT2D eigenvalue weighted by atomic mass is 35.5. The van der Waals surface area contributed by atoms with E-state index in [4.69, 9.17) is 27.2 Å². The first-order valence-corrected chi connectivity index (χ1v) is 7.10. The second-order valence-electron chi connectivity index (χ2n) is 4.19. The third-order valence-corrected chi connectivity index (χ3v) is 4.18. The molecule has 1 aliphatic rings. The van der Waals surface area contributed by atoms with Crippen LogP contribution in [0.2, 0.25) is 5.02 Å². The largest absolute Gasteiger partial charge is 0.487 e. The van der Waals surface area contributed by atoms with Crippen LogP contribution in [-0.4, -0.2) is 34.7 Å². The molecule has 98 valence electrons. The van der Waals surface area contributed by atoms with Gasteiger partial charge in [0.25, 0.3) is 0 Å². The molecule has 1 saturated heterocycles. The Morgan fingerprint density at radius 1 is 1.61 bits per heavy atom. The highest BCUT2D eigenvalue weighted by Gasteiger charge is 2.21. The fraction of sp³-hybridized carbons (Fsp3) is 0.417.